The van der Waals surface area contributed by atoms with Gasteiger partial charge in [-0.25, -0.2) is 0 Å². The second-order valence-corrected chi connectivity index (χ2v) is 6.82. The number of rotatable bonds is 4. The number of pyridine rings is 1. The molecule has 2 aliphatic rings. The molecular weight excluding hydrogens is 314 g/mol. The maximum Gasteiger partial charge on any atom is 0.220 e. The van der Waals surface area contributed by atoms with Crippen molar-refractivity contribution in [1.82, 2.24) is 10.3 Å². The monoisotopic (exact) mass is 337 g/mol. The molecule has 1 N–H and O–H groups in total. The number of anilines is 1. The molecule has 1 aromatic rings. The first-order valence-corrected chi connectivity index (χ1v) is 8.82. The van der Waals surface area contributed by atoms with Crippen LogP contribution in [0.4, 0.5) is 5.69 Å². The lowest BCUT2D eigenvalue weighted by atomic mass is 9.92. The topological polar surface area (TPSA) is 54.5 Å². The first-order chi connectivity index (χ1) is 11.2. The molecule has 0 aromatic carbocycles. The fourth-order valence-electron chi connectivity index (χ4n) is 3.39. The number of piperidine rings is 1. The molecule has 2 saturated heterocycles. The molecule has 2 aliphatic heterocycles. The minimum atomic E-state index is 0.192. The Labute approximate surface area is 142 Å². The van der Waals surface area contributed by atoms with Gasteiger partial charge in [0.25, 0.3) is 0 Å². The van der Waals surface area contributed by atoms with Crippen molar-refractivity contribution in [2.24, 2.45) is 5.92 Å². The van der Waals surface area contributed by atoms with Gasteiger partial charge in [-0.3, -0.25) is 9.78 Å². The minimum absolute atomic E-state index is 0.192. The van der Waals surface area contributed by atoms with E-state index in [0.717, 1.165) is 57.7 Å². The van der Waals surface area contributed by atoms with E-state index in [0.29, 0.717) is 23.4 Å². The second kappa shape index (κ2) is 7.97. The highest BCUT2D eigenvalue weighted by atomic mass is 35.5. The van der Waals surface area contributed by atoms with Gasteiger partial charge in [0, 0.05) is 51.2 Å². The third-order valence-corrected chi connectivity index (χ3v) is 5.06. The van der Waals surface area contributed by atoms with Gasteiger partial charge in [-0.1, -0.05) is 11.6 Å². The van der Waals surface area contributed by atoms with Gasteiger partial charge in [-0.15, -0.1) is 0 Å². The van der Waals surface area contributed by atoms with Crippen LogP contribution in [0.1, 0.15) is 32.1 Å². The zero-order valence-corrected chi connectivity index (χ0v) is 14.1. The Morgan fingerprint density at radius 3 is 2.74 bits per heavy atom. The summed E-state index contributed by atoms with van der Waals surface area (Å²) in [6.07, 6.45) is 8.02. The number of carbonyl (C=O) groups excluding carboxylic acids is 1. The van der Waals surface area contributed by atoms with E-state index in [1.807, 2.05) is 6.07 Å². The van der Waals surface area contributed by atoms with Gasteiger partial charge in [0.1, 0.15) is 0 Å². The molecule has 3 rings (SSSR count). The summed E-state index contributed by atoms with van der Waals surface area (Å²) in [5, 5.41) is 3.85. The quantitative estimate of drug-likeness (QED) is 0.917. The molecule has 0 radical (unpaired) electrons. The summed E-state index contributed by atoms with van der Waals surface area (Å²) < 4.78 is 5.32. The van der Waals surface area contributed by atoms with Crippen molar-refractivity contribution in [1.29, 1.82) is 0 Å². The lowest BCUT2D eigenvalue weighted by Gasteiger charge is -2.34. The van der Waals surface area contributed by atoms with Gasteiger partial charge < -0.3 is 15.0 Å². The predicted octanol–water partition coefficient (Wildman–Crippen LogP) is 2.64. The van der Waals surface area contributed by atoms with Gasteiger partial charge in [0.2, 0.25) is 5.91 Å². The number of amides is 1. The standard InChI is InChI=1S/C17H24ClN3O2/c18-15-12-19-6-1-16(15)21-7-2-13(3-8-21)11-17(22)20-14-4-9-23-10-5-14/h1,6,12-14H,2-5,7-11H2,(H,20,22). The average Bonchev–Trinajstić information content (AvgIpc) is 2.57. The zero-order chi connectivity index (χ0) is 16.1. The van der Waals surface area contributed by atoms with Crippen molar-refractivity contribution in [3.05, 3.63) is 23.5 Å². The Morgan fingerprint density at radius 1 is 1.30 bits per heavy atom. The van der Waals surface area contributed by atoms with Gasteiger partial charge in [0.15, 0.2) is 0 Å². The number of nitrogens with zero attached hydrogens (tertiary/aromatic N) is 2. The highest BCUT2D eigenvalue weighted by Gasteiger charge is 2.24. The van der Waals surface area contributed by atoms with E-state index < -0.39 is 0 Å². The van der Waals surface area contributed by atoms with Crippen LogP contribution in [0.3, 0.4) is 0 Å². The molecule has 0 aliphatic carbocycles. The van der Waals surface area contributed by atoms with Crippen LogP contribution in [-0.4, -0.2) is 43.2 Å². The molecule has 0 saturated carbocycles. The lowest BCUT2D eigenvalue weighted by Crippen LogP contribution is -2.41. The van der Waals surface area contributed by atoms with Crippen LogP contribution in [-0.2, 0) is 9.53 Å². The lowest BCUT2D eigenvalue weighted by molar-refractivity contribution is -0.123. The number of halogens is 1. The number of ether oxygens (including phenoxy) is 1. The van der Waals surface area contributed by atoms with Crippen molar-refractivity contribution in [3.63, 3.8) is 0 Å². The molecule has 0 spiro atoms. The van der Waals surface area contributed by atoms with Crippen molar-refractivity contribution < 1.29 is 9.53 Å². The summed E-state index contributed by atoms with van der Waals surface area (Å²) in [6.45, 7) is 3.41. The summed E-state index contributed by atoms with van der Waals surface area (Å²) >= 11 is 6.21. The molecule has 0 bridgehead atoms. The fourth-order valence-corrected chi connectivity index (χ4v) is 3.63. The first kappa shape index (κ1) is 16.5. The summed E-state index contributed by atoms with van der Waals surface area (Å²) in [5.41, 5.74) is 1.05. The van der Waals surface area contributed by atoms with E-state index in [-0.39, 0.29) is 5.91 Å². The van der Waals surface area contributed by atoms with E-state index in [4.69, 9.17) is 16.3 Å². The molecule has 1 aromatic heterocycles. The second-order valence-electron chi connectivity index (χ2n) is 6.42. The highest BCUT2D eigenvalue weighted by Crippen LogP contribution is 2.29. The first-order valence-electron chi connectivity index (χ1n) is 8.44. The van der Waals surface area contributed by atoms with E-state index >= 15 is 0 Å². The van der Waals surface area contributed by atoms with Crippen LogP contribution in [0.5, 0.6) is 0 Å². The molecule has 0 unspecified atom stereocenters. The Bertz CT molecular complexity index is 526. The Hall–Kier alpha value is -1.33. The predicted molar refractivity (Wildman–Crippen MR) is 90.8 cm³/mol. The summed E-state index contributed by atoms with van der Waals surface area (Å²) in [5.74, 6) is 0.656. The highest BCUT2D eigenvalue weighted by molar-refractivity contribution is 6.33. The number of aromatic nitrogens is 1. The molecule has 1 amide bonds. The van der Waals surface area contributed by atoms with E-state index in [1.165, 1.54) is 0 Å². The zero-order valence-electron chi connectivity index (χ0n) is 13.3. The average molecular weight is 338 g/mol. The van der Waals surface area contributed by atoms with E-state index in [1.54, 1.807) is 12.4 Å². The van der Waals surface area contributed by atoms with Crippen LogP contribution in [0.2, 0.25) is 5.02 Å². The SMILES string of the molecule is O=C(CC1CCN(c2ccncc2Cl)CC1)NC1CCOCC1. The van der Waals surface area contributed by atoms with Crippen molar-refractivity contribution >= 4 is 23.2 Å². The molecular formula is C17H24ClN3O2. The molecule has 6 heteroatoms. The number of carbonyl (C=O) groups is 1. The number of hydrogen-bond donors (Lipinski definition) is 1. The number of hydrogen-bond acceptors (Lipinski definition) is 4. The van der Waals surface area contributed by atoms with E-state index in [9.17, 15) is 4.79 Å². The third-order valence-electron chi connectivity index (χ3n) is 4.77. The molecule has 126 valence electrons. The Morgan fingerprint density at radius 2 is 2.04 bits per heavy atom. The normalized spacial score (nSPS) is 20.5. The maximum absolute atomic E-state index is 12.2. The largest absolute Gasteiger partial charge is 0.381 e. The van der Waals surface area contributed by atoms with Crippen LogP contribution in [0.15, 0.2) is 18.5 Å². The van der Waals surface area contributed by atoms with Gasteiger partial charge >= 0.3 is 0 Å². The van der Waals surface area contributed by atoms with Gasteiger partial charge in [-0.05, 0) is 37.7 Å². The van der Waals surface area contributed by atoms with Crippen LogP contribution in [0.25, 0.3) is 0 Å². The Balaban J connectivity index is 1.44. The molecule has 23 heavy (non-hydrogen) atoms. The van der Waals surface area contributed by atoms with Crippen molar-refractivity contribution in [2.75, 3.05) is 31.2 Å². The molecule has 0 atom stereocenters. The van der Waals surface area contributed by atoms with Crippen LogP contribution >= 0.6 is 11.6 Å². The minimum Gasteiger partial charge on any atom is -0.381 e. The van der Waals surface area contributed by atoms with Crippen LogP contribution < -0.4 is 10.2 Å². The van der Waals surface area contributed by atoms with Gasteiger partial charge in [0.05, 0.1) is 10.7 Å². The van der Waals surface area contributed by atoms with Crippen molar-refractivity contribution in [3.8, 4) is 0 Å². The van der Waals surface area contributed by atoms with Gasteiger partial charge in [-0.2, -0.15) is 0 Å². The smallest absolute Gasteiger partial charge is 0.220 e. The number of nitrogens with one attached hydrogen (secondary N) is 1. The maximum atomic E-state index is 12.2. The summed E-state index contributed by atoms with van der Waals surface area (Å²) in [4.78, 5) is 18.5. The molecule has 5 nitrogen and oxygen atoms in total. The summed E-state index contributed by atoms with van der Waals surface area (Å²) in [7, 11) is 0. The Kier molecular flexibility index (Phi) is 5.73. The van der Waals surface area contributed by atoms with E-state index in [2.05, 4.69) is 15.2 Å². The molecule has 3 heterocycles. The molecule has 2 fully saturated rings. The fraction of sp³-hybridized carbons (Fsp3) is 0.647. The summed E-state index contributed by atoms with van der Waals surface area (Å²) in [6, 6.07) is 2.26. The van der Waals surface area contributed by atoms with Crippen LogP contribution in [0, 0.1) is 5.92 Å². The van der Waals surface area contributed by atoms with Crippen molar-refractivity contribution in [2.45, 2.75) is 38.1 Å². The third kappa shape index (κ3) is 4.58.